The van der Waals surface area contributed by atoms with Crippen molar-refractivity contribution in [1.29, 1.82) is 0 Å². The molecule has 0 radical (unpaired) electrons. The van der Waals surface area contributed by atoms with Crippen LogP contribution in [0.2, 0.25) is 0 Å². The number of hydrogen-bond donors (Lipinski definition) is 2. The first kappa shape index (κ1) is 19.8. The summed E-state index contributed by atoms with van der Waals surface area (Å²) >= 11 is 0. The van der Waals surface area contributed by atoms with Crippen LogP contribution in [0, 0.1) is 0 Å². The Kier molecular flexibility index (Phi) is 5.61. The molecule has 2 unspecified atom stereocenters. The largest absolute Gasteiger partial charge is 1.00 e. The lowest BCUT2D eigenvalue weighted by atomic mass is 9.85. The van der Waals surface area contributed by atoms with E-state index in [4.69, 9.17) is 5.11 Å². The van der Waals surface area contributed by atoms with Gasteiger partial charge in [0.25, 0.3) is 5.66 Å². The van der Waals surface area contributed by atoms with E-state index in [0.29, 0.717) is 0 Å². The van der Waals surface area contributed by atoms with Crippen molar-refractivity contribution in [3.63, 3.8) is 0 Å². The normalized spacial score (nSPS) is 19.7. The first-order valence-electron chi connectivity index (χ1n) is 9.71. The molecule has 148 valence electrons. The molecule has 0 aromatic heterocycles. The zero-order chi connectivity index (χ0) is 19.5. The van der Waals surface area contributed by atoms with Gasteiger partial charge in [-0.3, -0.25) is 0 Å². The van der Waals surface area contributed by atoms with Crippen LogP contribution in [0.1, 0.15) is 11.1 Å². The Morgan fingerprint density at radius 3 is 1.90 bits per heavy atom. The second kappa shape index (κ2) is 8.49. The van der Waals surface area contributed by atoms with Crippen molar-refractivity contribution in [2.45, 2.75) is 5.66 Å². The third-order valence-electron chi connectivity index (χ3n) is 5.38. The van der Waals surface area contributed by atoms with Gasteiger partial charge in [-0.1, -0.05) is 102 Å². The molecule has 4 nitrogen and oxygen atoms in total. The molecule has 0 aliphatic carbocycles. The van der Waals surface area contributed by atoms with Crippen LogP contribution in [-0.2, 0) is 5.66 Å². The Morgan fingerprint density at radius 1 is 0.633 bits per heavy atom. The molecule has 0 fully saturated rings. The van der Waals surface area contributed by atoms with Crippen LogP contribution in [-0.4, -0.2) is 0 Å². The fourth-order valence-corrected chi connectivity index (χ4v) is 4.05. The van der Waals surface area contributed by atoms with Gasteiger partial charge in [-0.2, -0.15) is 5.01 Å². The number of halogens is 1. The summed E-state index contributed by atoms with van der Waals surface area (Å²) in [4.78, 5) is 0. The van der Waals surface area contributed by atoms with Gasteiger partial charge >= 0.3 is 0 Å². The number of hydrogen-bond acceptors (Lipinski definition) is 3. The molecule has 4 aromatic rings. The standard InChI is InChI=1S/C25H20N4.ClH/c1-4-12-20(13-5-1)23-18-10-11-19-24(23)25(21-14-6-2-7-15-21)26-27-28-29(25)22-16-8-3-9-17-22;/h1-19H,(H,26,28);1H. The number of para-hydroxylation sites is 1. The predicted molar refractivity (Wildman–Crippen MR) is 114 cm³/mol. The highest BCUT2D eigenvalue weighted by atomic mass is 35.5. The Morgan fingerprint density at radius 2 is 1.20 bits per heavy atom. The van der Waals surface area contributed by atoms with E-state index in [2.05, 4.69) is 95.7 Å². The van der Waals surface area contributed by atoms with Gasteiger partial charge in [0.2, 0.25) is 0 Å². The molecule has 0 saturated carbocycles. The quantitative estimate of drug-likeness (QED) is 0.526. The molecule has 2 N–H and O–H groups in total. The van der Waals surface area contributed by atoms with Crippen LogP contribution in [0.15, 0.2) is 126 Å². The lowest BCUT2D eigenvalue weighted by molar-refractivity contribution is -0.925. The van der Waals surface area contributed by atoms with Crippen LogP contribution in [0.25, 0.3) is 11.1 Å². The molecule has 5 rings (SSSR count). The van der Waals surface area contributed by atoms with Gasteiger partial charge in [0.15, 0.2) is 5.69 Å². The van der Waals surface area contributed by atoms with Crippen molar-refractivity contribution in [2.75, 3.05) is 0 Å². The molecule has 2 atom stereocenters. The van der Waals surface area contributed by atoms with Crippen LogP contribution in [0.3, 0.4) is 0 Å². The highest BCUT2D eigenvalue weighted by molar-refractivity contribution is 5.69. The summed E-state index contributed by atoms with van der Waals surface area (Å²) in [6.45, 7) is 0. The monoisotopic (exact) mass is 412 g/mol. The molecule has 1 aliphatic rings. The van der Waals surface area contributed by atoms with E-state index in [9.17, 15) is 0 Å². The highest BCUT2D eigenvalue weighted by Crippen LogP contribution is 2.37. The minimum atomic E-state index is -0.741. The van der Waals surface area contributed by atoms with E-state index in [0.717, 1.165) is 33.0 Å². The Labute approximate surface area is 182 Å². The molecular weight excluding hydrogens is 392 g/mol. The molecule has 1 heterocycles. The molecule has 5 heteroatoms. The third-order valence-corrected chi connectivity index (χ3v) is 5.38. The van der Waals surface area contributed by atoms with Crippen molar-refractivity contribution in [3.8, 4) is 11.1 Å². The molecule has 0 saturated heterocycles. The minimum absolute atomic E-state index is 0. The lowest BCUT2D eigenvalue weighted by Gasteiger charge is -2.31. The average Bonchev–Trinajstić information content (AvgIpc) is 3.27. The number of benzene rings is 4. The van der Waals surface area contributed by atoms with Gasteiger partial charge in [0.05, 0.1) is 5.56 Å². The van der Waals surface area contributed by atoms with E-state index < -0.39 is 5.66 Å². The zero-order valence-electron chi connectivity index (χ0n) is 16.2. The van der Waals surface area contributed by atoms with Crippen LogP contribution in [0.5, 0.6) is 0 Å². The number of nitrogens with zero attached hydrogens (tertiary/aromatic N) is 2. The number of rotatable bonds is 4. The van der Waals surface area contributed by atoms with Gasteiger partial charge in [-0.15, -0.1) is 5.53 Å². The molecular formula is C25H21ClN4. The van der Waals surface area contributed by atoms with Crippen molar-refractivity contribution in [1.82, 2.24) is 5.53 Å². The maximum Gasteiger partial charge on any atom is 0.292 e. The van der Waals surface area contributed by atoms with Crippen molar-refractivity contribution >= 4 is 5.69 Å². The van der Waals surface area contributed by atoms with Gasteiger partial charge in [0.1, 0.15) is 0 Å². The highest BCUT2D eigenvalue weighted by Gasteiger charge is 2.52. The summed E-state index contributed by atoms with van der Waals surface area (Å²) in [7, 11) is 0. The fourth-order valence-electron chi connectivity index (χ4n) is 4.05. The fraction of sp³-hybridized carbons (Fsp3) is 0.0400. The van der Waals surface area contributed by atoms with Crippen LogP contribution >= 0.6 is 0 Å². The van der Waals surface area contributed by atoms with E-state index >= 15 is 0 Å². The summed E-state index contributed by atoms with van der Waals surface area (Å²) in [5, 5.41) is 10.1. The summed E-state index contributed by atoms with van der Waals surface area (Å²) in [6.07, 6.45) is 0. The van der Waals surface area contributed by atoms with Gasteiger partial charge < -0.3 is 12.4 Å². The zero-order valence-corrected chi connectivity index (χ0v) is 17.0. The average molecular weight is 413 g/mol. The minimum Gasteiger partial charge on any atom is -1.00 e. The maximum atomic E-state index is 4.83. The molecule has 30 heavy (non-hydrogen) atoms. The van der Waals surface area contributed by atoms with Crippen molar-refractivity contribution in [3.05, 3.63) is 126 Å². The van der Waals surface area contributed by atoms with Gasteiger partial charge in [-0.25, -0.2) is 0 Å². The molecule has 0 spiro atoms. The summed E-state index contributed by atoms with van der Waals surface area (Å²) in [5.74, 6) is 0. The second-order valence-corrected chi connectivity index (χ2v) is 7.04. The smallest absolute Gasteiger partial charge is 0.292 e. The first-order valence-corrected chi connectivity index (χ1v) is 9.71. The Bertz CT molecular complexity index is 1130. The van der Waals surface area contributed by atoms with Crippen molar-refractivity contribution < 1.29 is 17.4 Å². The van der Waals surface area contributed by atoms with Crippen LogP contribution < -0.4 is 23.0 Å². The van der Waals surface area contributed by atoms with Gasteiger partial charge in [0, 0.05) is 17.7 Å². The number of quaternary nitrogens is 1. The SMILES string of the molecule is [Cl-].c1ccc(-c2ccccc2C2(c3ccccc3)N=NN[NH+]2c2ccccc2)cc1. The lowest BCUT2D eigenvalue weighted by Crippen LogP contribution is -3.18. The third kappa shape index (κ3) is 3.26. The summed E-state index contributed by atoms with van der Waals surface area (Å²) in [6, 6.07) is 39.6. The summed E-state index contributed by atoms with van der Waals surface area (Å²) in [5.41, 5.74) is 8.03. The molecule has 4 aromatic carbocycles. The van der Waals surface area contributed by atoms with E-state index in [1.807, 2.05) is 30.3 Å². The molecule has 0 amide bonds. The maximum absolute atomic E-state index is 4.83. The topological polar surface area (TPSA) is 41.2 Å². The molecule has 1 aliphatic heterocycles. The molecule has 0 bridgehead atoms. The van der Waals surface area contributed by atoms with Gasteiger partial charge in [-0.05, 0) is 22.4 Å². The van der Waals surface area contributed by atoms with Crippen molar-refractivity contribution in [2.24, 2.45) is 10.3 Å². The first-order chi connectivity index (χ1) is 14.4. The summed E-state index contributed by atoms with van der Waals surface area (Å²) < 4.78 is 0. The predicted octanol–water partition coefficient (Wildman–Crippen LogP) is 1.66. The van der Waals surface area contributed by atoms with Crippen LogP contribution in [0.4, 0.5) is 5.69 Å². The second-order valence-electron chi connectivity index (χ2n) is 7.04. The Balaban J connectivity index is 0.00000218. The van der Waals surface area contributed by atoms with E-state index in [1.165, 1.54) is 0 Å². The van der Waals surface area contributed by atoms with E-state index in [1.54, 1.807) is 0 Å². The van der Waals surface area contributed by atoms with E-state index in [-0.39, 0.29) is 12.4 Å². The number of nitrogens with one attached hydrogen (secondary N) is 2. The Hall–Kier alpha value is -3.47.